The first kappa shape index (κ1) is 23.5. The first-order valence-electron chi connectivity index (χ1n) is 11.1. The van der Waals surface area contributed by atoms with Gasteiger partial charge in [0.15, 0.2) is 0 Å². The summed E-state index contributed by atoms with van der Waals surface area (Å²) in [5.74, 6) is -2.12. The number of hydrogen-bond acceptors (Lipinski definition) is 9. The van der Waals surface area contributed by atoms with E-state index in [1.165, 1.54) is 0 Å². The van der Waals surface area contributed by atoms with Crippen LogP contribution in [0.5, 0.6) is 0 Å². The van der Waals surface area contributed by atoms with Crippen LogP contribution >= 0.6 is 0 Å². The Kier molecular flexibility index (Phi) is 7.28. The Balaban J connectivity index is 1.22. The molecule has 1 saturated heterocycles. The van der Waals surface area contributed by atoms with Crippen LogP contribution in [0.2, 0.25) is 0 Å². The van der Waals surface area contributed by atoms with Gasteiger partial charge in [0.2, 0.25) is 11.8 Å². The van der Waals surface area contributed by atoms with Gasteiger partial charge in [-0.3, -0.25) is 29.4 Å². The molecule has 0 aliphatic carbocycles. The Bertz CT molecular complexity index is 1100. The Morgan fingerprint density at radius 1 is 1.09 bits per heavy atom. The largest absolute Gasteiger partial charge is 0.382 e. The summed E-state index contributed by atoms with van der Waals surface area (Å²) in [6.45, 7) is 4.61. The van der Waals surface area contributed by atoms with Gasteiger partial charge in [-0.15, -0.1) is 5.10 Å². The van der Waals surface area contributed by atoms with Gasteiger partial charge in [0.05, 0.1) is 49.8 Å². The number of aromatic nitrogens is 3. The van der Waals surface area contributed by atoms with Gasteiger partial charge < -0.3 is 14.8 Å². The van der Waals surface area contributed by atoms with Gasteiger partial charge >= 0.3 is 0 Å². The van der Waals surface area contributed by atoms with E-state index in [1.54, 1.807) is 22.9 Å². The van der Waals surface area contributed by atoms with Crippen molar-refractivity contribution >= 4 is 29.3 Å². The number of carbonyl (C=O) groups is 4. The monoisotopic (exact) mass is 470 g/mol. The van der Waals surface area contributed by atoms with E-state index in [-0.39, 0.29) is 24.0 Å². The van der Waals surface area contributed by atoms with Gasteiger partial charge in [0, 0.05) is 24.8 Å². The zero-order valence-electron chi connectivity index (χ0n) is 18.8. The van der Waals surface area contributed by atoms with Crippen molar-refractivity contribution in [3.8, 4) is 0 Å². The minimum Gasteiger partial charge on any atom is -0.382 e. The second-order valence-corrected chi connectivity index (χ2v) is 7.95. The highest BCUT2D eigenvalue weighted by Gasteiger charge is 2.45. The minimum atomic E-state index is -0.991. The van der Waals surface area contributed by atoms with E-state index in [0.29, 0.717) is 45.2 Å². The third kappa shape index (κ3) is 5.13. The van der Waals surface area contributed by atoms with Crippen LogP contribution < -0.4 is 10.6 Å². The van der Waals surface area contributed by atoms with Gasteiger partial charge in [-0.05, 0) is 25.5 Å². The first-order valence-corrected chi connectivity index (χ1v) is 11.1. The number of amides is 4. The van der Waals surface area contributed by atoms with E-state index < -0.39 is 29.7 Å². The van der Waals surface area contributed by atoms with Gasteiger partial charge in [0.25, 0.3) is 11.8 Å². The molecule has 0 bridgehead atoms. The molecule has 1 aromatic heterocycles. The van der Waals surface area contributed by atoms with Crippen molar-refractivity contribution in [1.29, 1.82) is 0 Å². The summed E-state index contributed by atoms with van der Waals surface area (Å²) in [5, 5.41) is 13.2. The number of piperidine rings is 1. The number of benzene rings is 1. The van der Waals surface area contributed by atoms with Crippen molar-refractivity contribution in [1.82, 2.24) is 25.2 Å². The minimum absolute atomic E-state index is 0.0795. The van der Waals surface area contributed by atoms with Crippen LogP contribution in [0.4, 0.5) is 5.69 Å². The van der Waals surface area contributed by atoms with Crippen molar-refractivity contribution in [2.45, 2.75) is 32.4 Å². The van der Waals surface area contributed by atoms with E-state index >= 15 is 0 Å². The predicted molar refractivity (Wildman–Crippen MR) is 118 cm³/mol. The molecule has 0 radical (unpaired) electrons. The number of imide groups is 2. The fraction of sp³-hybridized carbons (Fsp3) is 0.455. The van der Waals surface area contributed by atoms with Crippen LogP contribution in [0.25, 0.3) is 0 Å². The molecule has 1 unspecified atom stereocenters. The zero-order chi connectivity index (χ0) is 24.1. The summed E-state index contributed by atoms with van der Waals surface area (Å²) in [5.41, 5.74) is 1.81. The van der Waals surface area contributed by atoms with Crippen LogP contribution in [0.15, 0.2) is 24.4 Å². The SMILES string of the molecule is Cc1cn(CCOCCOCCNc2cccc3c2C(=O)N(C2CCC(=O)NC2=O)C3=O)nn1. The van der Waals surface area contributed by atoms with Crippen molar-refractivity contribution in [3.63, 3.8) is 0 Å². The number of ether oxygens (including phenoxy) is 2. The summed E-state index contributed by atoms with van der Waals surface area (Å²) in [7, 11) is 0. The molecular weight excluding hydrogens is 444 g/mol. The zero-order valence-corrected chi connectivity index (χ0v) is 18.8. The molecule has 1 fully saturated rings. The molecule has 34 heavy (non-hydrogen) atoms. The lowest BCUT2D eigenvalue weighted by Crippen LogP contribution is -2.54. The molecule has 0 spiro atoms. The molecule has 3 heterocycles. The molecule has 12 nitrogen and oxygen atoms in total. The maximum absolute atomic E-state index is 13.0. The summed E-state index contributed by atoms with van der Waals surface area (Å²) in [4.78, 5) is 50.5. The van der Waals surface area contributed by atoms with E-state index in [4.69, 9.17) is 9.47 Å². The van der Waals surface area contributed by atoms with E-state index in [2.05, 4.69) is 20.9 Å². The summed E-state index contributed by atoms with van der Waals surface area (Å²) in [6.07, 6.45) is 2.04. The molecule has 180 valence electrons. The lowest BCUT2D eigenvalue weighted by atomic mass is 10.0. The van der Waals surface area contributed by atoms with Crippen molar-refractivity contribution in [3.05, 3.63) is 41.2 Å². The van der Waals surface area contributed by atoms with Gasteiger partial charge in [-0.1, -0.05) is 11.3 Å². The molecule has 4 rings (SSSR count). The van der Waals surface area contributed by atoms with Crippen molar-refractivity contribution in [2.24, 2.45) is 0 Å². The number of hydrogen-bond donors (Lipinski definition) is 2. The average molecular weight is 470 g/mol. The van der Waals surface area contributed by atoms with Crippen LogP contribution in [-0.4, -0.2) is 82.5 Å². The van der Waals surface area contributed by atoms with Crippen LogP contribution in [0.3, 0.4) is 0 Å². The maximum atomic E-state index is 13.0. The van der Waals surface area contributed by atoms with Crippen molar-refractivity contribution < 1.29 is 28.7 Å². The third-order valence-corrected chi connectivity index (χ3v) is 5.52. The molecule has 2 aliphatic heterocycles. The Morgan fingerprint density at radius 3 is 2.62 bits per heavy atom. The number of fused-ring (bicyclic) bond motifs is 1. The summed E-state index contributed by atoms with van der Waals surface area (Å²) < 4.78 is 12.8. The highest BCUT2D eigenvalue weighted by Crippen LogP contribution is 2.32. The maximum Gasteiger partial charge on any atom is 0.264 e. The average Bonchev–Trinajstić information content (AvgIpc) is 3.34. The summed E-state index contributed by atoms with van der Waals surface area (Å²) in [6, 6.07) is 3.94. The molecule has 1 aromatic carbocycles. The first-order chi connectivity index (χ1) is 16.5. The normalized spacial score (nSPS) is 17.8. The topological polar surface area (TPSA) is 145 Å². The van der Waals surface area contributed by atoms with E-state index in [9.17, 15) is 19.2 Å². The molecule has 0 saturated carbocycles. The molecular formula is C22H26N6O6. The smallest absolute Gasteiger partial charge is 0.264 e. The fourth-order valence-electron chi connectivity index (χ4n) is 3.90. The number of aryl methyl sites for hydroxylation is 1. The quantitative estimate of drug-likeness (QED) is 0.346. The summed E-state index contributed by atoms with van der Waals surface area (Å²) >= 11 is 0. The highest BCUT2D eigenvalue weighted by atomic mass is 16.5. The lowest BCUT2D eigenvalue weighted by molar-refractivity contribution is -0.136. The van der Waals surface area contributed by atoms with Gasteiger partial charge in [0.1, 0.15) is 6.04 Å². The lowest BCUT2D eigenvalue weighted by Gasteiger charge is -2.27. The third-order valence-electron chi connectivity index (χ3n) is 5.52. The molecule has 2 N–H and O–H groups in total. The van der Waals surface area contributed by atoms with Crippen LogP contribution in [-0.2, 0) is 25.6 Å². The van der Waals surface area contributed by atoms with Crippen LogP contribution in [0, 0.1) is 6.92 Å². The number of nitrogens with one attached hydrogen (secondary N) is 2. The molecule has 12 heteroatoms. The molecule has 2 aliphatic rings. The van der Waals surface area contributed by atoms with Gasteiger partial charge in [-0.25, -0.2) is 4.68 Å². The fourth-order valence-corrected chi connectivity index (χ4v) is 3.90. The molecule has 4 amide bonds. The van der Waals surface area contributed by atoms with Gasteiger partial charge in [-0.2, -0.15) is 0 Å². The number of rotatable bonds is 11. The van der Waals surface area contributed by atoms with E-state index in [1.807, 2.05) is 13.1 Å². The number of nitrogens with zero attached hydrogens (tertiary/aromatic N) is 4. The molecule has 1 atom stereocenters. The number of carbonyl (C=O) groups excluding carboxylic acids is 4. The Hall–Kier alpha value is -3.64. The number of anilines is 1. The highest BCUT2D eigenvalue weighted by molar-refractivity contribution is 6.25. The Morgan fingerprint density at radius 2 is 1.88 bits per heavy atom. The Labute approximate surface area is 195 Å². The predicted octanol–water partition coefficient (Wildman–Crippen LogP) is 0.133. The standard InChI is InChI=1S/C22H26N6O6/c1-14-13-27(26-25-14)8-10-34-12-11-33-9-7-23-16-4-2-3-15-19(16)22(32)28(21(15)31)17-5-6-18(29)24-20(17)30/h2-4,13,17,23H,5-12H2,1H3,(H,24,29,30). The second kappa shape index (κ2) is 10.5. The molecule has 2 aromatic rings. The van der Waals surface area contributed by atoms with E-state index in [0.717, 1.165) is 10.6 Å². The second-order valence-electron chi connectivity index (χ2n) is 7.95. The van der Waals surface area contributed by atoms with Crippen LogP contribution in [0.1, 0.15) is 39.3 Å². The van der Waals surface area contributed by atoms with Crippen molar-refractivity contribution in [2.75, 3.05) is 38.3 Å².